The Morgan fingerprint density at radius 1 is 1.27 bits per heavy atom. The van der Waals surface area contributed by atoms with Gasteiger partial charge in [0.2, 0.25) is 0 Å². The van der Waals surface area contributed by atoms with Crippen molar-refractivity contribution in [1.82, 2.24) is 30.3 Å². The Bertz CT molecular complexity index is 1070. The topological polar surface area (TPSA) is 107 Å². The van der Waals surface area contributed by atoms with Gasteiger partial charge in [0.25, 0.3) is 6.43 Å². The maximum absolute atomic E-state index is 12.9. The number of amides is 1. The highest BCUT2D eigenvalue weighted by Crippen LogP contribution is 2.25. The number of alkyl carbamates (subject to hydrolysis) is 1. The molecule has 3 aromatic heterocycles. The standard InChI is InChI=1S/C19H19F2N7O2/c1-10-5-13(14-9-28(27-26-14)11(2)15-8-23-19(29)30-15)24-17(6-10)25-16-7-12(18(20)21)3-4-22-16/h3-7,9,11,15,18H,8H2,1-2H3,(H,23,29)(H,22,24,25). The number of halogens is 2. The lowest BCUT2D eigenvalue weighted by Gasteiger charge is -2.16. The molecule has 3 aromatic rings. The zero-order chi connectivity index (χ0) is 21.3. The van der Waals surface area contributed by atoms with Gasteiger partial charge in [-0.3, -0.25) is 0 Å². The number of carbonyl (C=O) groups is 1. The van der Waals surface area contributed by atoms with Crippen molar-refractivity contribution in [2.45, 2.75) is 32.4 Å². The first-order valence-electron chi connectivity index (χ1n) is 9.25. The Morgan fingerprint density at radius 3 is 2.83 bits per heavy atom. The number of pyridine rings is 2. The number of aryl methyl sites for hydroxylation is 1. The summed E-state index contributed by atoms with van der Waals surface area (Å²) >= 11 is 0. The summed E-state index contributed by atoms with van der Waals surface area (Å²) in [5.74, 6) is 0.713. The first-order valence-corrected chi connectivity index (χ1v) is 9.25. The molecule has 0 aromatic carbocycles. The number of cyclic esters (lactones) is 1. The van der Waals surface area contributed by atoms with Gasteiger partial charge in [-0.25, -0.2) is 28.2 Å². The molecule has 4 heterocycles. The van der Waals surface area contributed by atoms with Crippen molar-refractivity contribution in [3.63, 3.8) is 0 Å². The van der Waals surface area contributed by atoms with Crippen molar-refractivity contribution < 1.29 is 18.3 Å². The second kappa shape index (κ2) is 8.01. The van der Waals surface area contributed by atoms with Crippen LogP contribution < -0.4 is 10.6 Å². The van der Waals surface area contributed by atoms with Gasteiger partial charge in [-0.15, -0.1) is 5.10 Å². The normalized spacial score (nSPS) is 17.0. The fourth-order valence-corrected chi connectivity index (χ4v) is 3.08. The van der Waals surface area contributed by atoms with E-state index in [1.54, 1.807) is 16.9 Å². The lowest BCUT2D eigenvalue weighted by atomic mass is 10.2. The summed E-state index contributed by atoms with van der Waals surface area (Å²) in [7, 11) is 0. The molecule has 9 nitrogen and oxygen atoms in total. The van der Waals surface area contributed by atoms with E-state index in [4.69, 9.17) is 4.74 Å². The number of hydrogen-bond donors (Lipinski definition) is 2. The van der Waals surface area contributed by atoms with E-state index in [-0.39, 0.29) is 23.5 Å². The number of ether oxygens (including phenoxy) is 1. The molecular weight excluding hydrogens is 396 g/mol. The molecule has 0 spiro atoms. The predicted molar refractivity (Wildman–Crippen MR) is 103 cm³/mol. The van der Waals surface area contributed by atoms with E-state index >= 15 is 0 Å². The number of anilines is 2. The van der Waals surface area contributed by atoms with Crippen LogP contribution in [-0.2, 0) is 4.74 Å². The molecule has 30 heavy (non-hydrogen) atoms. The van der Waals surface area contributed by atoms with Gasteiger partial charge in [-0.1, -0.05) is 5.21 Å². The number of nitrogens with one attached hydrogen (secondary N) is 2. The summed E-state index contributed by atoms with van der Waals surface area (Å²) in [5, 5.41) is 13.9. The second-order valence-corrected chi connectivity index (χ2v) is 6.96. The van der Waals surface area contributed by atoms with Crippen molar-refractivity contribution in [2.24, 2.45) is 0 Å². The van der Waals surface area contributed by atoms with Crippen molar-refractivity contribution >= 4 is 17.7 Å². The average Bonchev–Trinajstić information content (AvgIpc) is 3.36. The van der Waals surface area contributed by atoms with Crippen LogP contribution in [0.2, 0.25) is 0 Å². The quantitative estimate of drug-likeness (QED) is 0.635. The van der Waals surface area contributed by atoms with Crippen LogP contribution in [0.1, 0.15) is 30.5 Å². The molecule has 1 saturated heterocycles. The van der Waals surface area contributed by atoms with Gasteiger partial charge in [-0.05, 0) is 43.7 Å². The van der Waals surface area contributed by atoms with Crippen LogP contribution >= 0.6 is 0 Å². The van der Waals surface area contributed by atoms with Crippen LogP contribution in [0.5, 0.6) is 0 Å². The minimum atomic E-state index is -2.58. The first-order chi connectivity index (χ1) is 14.4. The van der Waals surface area contributed by atoms with Crippen molar-refractivity contribution in [3.8, 4) is 11.4 Å². The number of nitrogens with zero attached hydrogens (tertiary/aromatic N) is 5. The molecule has 2 N–H and O–H groups in total. The molecule has 2 unspecified atom stereocenters. The van der Waals surface area contributed by atoms with Crippen LogP contribution in [0.25, 0.3) is 11.4 Å². The number of rotatable bonds is 6. The van der Waals surface area contributed by atoms with Crippen LogP contribution in [0.4, 0.5) is 25.2 Å². The third-order valence-electron chi connectivity index (χ3n) is 4.70. The Morgan fingerprint density at radius 2 is 2.10 bits per heavy atom. The zero-order valence-electron chi connectivity index (χ0n) is 16.2. The van der Waals surface area contributed by atoms with Gasteiger partial charge in [-0.2, -0.15) is 0 Å². The fraction of sp³-hybridized carbons (Fsp3) is 0.316. The van der Waals surface area contributed by atoms with E-state index in [0.717, 1.165) is 5.56 Å². The van der Waals surface area contributed by atoms with Crippen LogP contribution in [0.15, 0.2) is 36.7 Å². The van der Waals surface area contributed by atoms with Crippen molar-refractivity contribution in [3.05, 3.63) is 47.8 Å². The minimum absolute atomic E-state index is 0.126. The highest BCUT2D eigenvalue weighted by atomic mass is 19.3. The Balaban J connectivity index is 1.56. The Hall–Kier alpha value is -3.63. The molecule has 1 aliphatic heterocycles. The molecule has 0 radical (unpaired) electrons. The third-order valence-corrected chi connectivity index (χ3v) is 4.70. The Labute approximate surface area is 170 Å². The summed E-state index contributed by atoms with van der Waals surface area (Å²) in [4.78, 5) is 19.8. The SMILES string of the molecule is Cc1cc(Nc2cc(C(F)F)ccn2)nc(-c2cn(C(C)C3CNC(=O)O3)nn2)c1. The van der Waals surface area contributed by atoms with Crippen molar-refractivity contribution in [1.29, 1.82) is 0 Å². The summed E-state index contributed by atoms with van der Waals surface area (Å²) in [5.41, 5.74) is 1.85. The van der Waals surface area contributed by atoms with Gasteiger partial charge in [0.15, 0.2) is 0 Å². The summed E-state index contributed by atoms with van der Waals surface area (Å²) in [6, 6.07) is 5.94. The summed E-state index contributed by atoms with van der Waals surface area (Å²) < 4.78 is 32.6. The smallest absolute Gasteiger partial charge is 0.407 e. The van der Waals surface area contributed by atoms with E-state index in [2.05, 4.69) is 30.9 Å². The van der Waals surface area contributed by atoms with Crippen LogP contribution in [-0.4, -0.2) is 43.7 Å². The highest BCUT2D eigenvalue weighted by molar-refractivity contribution is 5.69. The van der Waals surface area contributed by atoms with Gasteiger partial charge < -0.3 is 15.4 Å². The van der Waals surface area contributed by atoms with E-state index in [1.807, 2.05) is 19.9 Å². The fourth-order valence-electron chi connectivity index (χ4n) is 3.08. The molecule has 0 bridgehead atoms. The van der Waals surface area contributed by atoms with E-state index < -0.39 is 12.5 Å². The number of alkyl halides is 2. The molecule has 156 valence electrons. The molecule has 2 atom stereocenters. The number of aromatic nitrogens is 5. The second-order valence-electron chi connectivity index (χ2n) is 6.96. The summed E-state index contributed by atoms with van der Waals surface area (Å²) in [6.07, 6.45) is -0.340. The first kappa shape index (κ1) is 19.7. The lowest BCUT2D eigenvalue weighted by molar-refractivity contribution is 0.108. The molecule has 0 saturated carbocycles. The van der Waals surface area contributed by atoms with Gasteiger partial charge in [0.1, 0.15) is 23.4 Å². The van der Waals surface area contributed by atoms with Gasteiger partial charge >= 0.3 is 6.09 Å². The predicted octanol–water partition coefficient (Wildman–Crippen LogP) is 3.39. The molecule has 0 aliphatic carbocycles. The molecule has 1 fully saturated rings. The molecular formula is C19H19F2N7O2. The summed E-state index contributed by atoms with van der Waals surface area (Å²) in [6.45, 7) is 4.16. The number of carbonyl (C=O) groups excluding carboxylic acids is 1. The van der Waals surface area contributed by atoms with E-state index in [1.165, 1.54) is 18.3 Å². The zero-order valence-corrected chi connectivity index (χ0v) is 16.2. The minimum Gasteiger partial charge on any atom is -0.442 e. The largest absolute Gasteiger partial charge is 0.442 e. The molecule has 4 rings (SSSR count). The number of hydrogen-bond acceptors (Lipinski definition) is 7. The van der Waals surface area contributed by atoms with Gasteiger partial charge in [0, 0.05) is 11.8 Å². The van der Waals surface area contributed by atoms with Crippen LogP contribution in [0.3, 0.4) is 0 Å². The van der Waals surface area contributed by atoms with E-state index in [9.17, 15) is 13.6 Å². The van der Waals surface area contributed by atoms with E-state index in [0.29, 0.717) is 23.8 Å². The van der Waals surface area contributed by atoms with Crippen LogP contribution in [0, 0.1) is 6.92 Å². The monoisotopic (exact) mass is 415 g/mol. The lowest BCUT2D eigenvalue weighted by Crippen LogP contribution is -2.25. The van der Waals surface area contributed by atoms with Gasteiger partial charge in [0.05, 0.1) is 24.5 Å². The average molecular weight is 415 g/mol. The molecule has 1 aliphatic rings. The molecule has 1 amide bonds. The molecule has 11 heteroatoms. The van der Waals surface area contributed by atoms with Crippen molar-refractivity contribution in [2.75, 3.05) is 11.9 Å². The highest BCUT2D eigenvalue weighted by Gasteiger charge is 2.30. The maximum Gasteiger partial charge on any atom is 0.407 e. The maximum atomic E-state index is 12.9. The third kappa shape index (κ3) is 4.19. The Kier molecular flexibility index (Phi) is 5.25.